The molecule has 1 N–H and O–H groups in total. The first-order valence-corrected chi connectivity index (χ1v) is 16.2. The lowest BCUT2D eigenvalue weighted by Gasteiger charge is -2.33. The molecule has 3 aromatic rings. The molecule has 0 saturated carbocycles. The van der Waals surface area contributed by atoms with E-state index in [0.29, 0.717) is 17.1 Å². The quantitative estimate of drug-likeness (QED) is 0.165. The Morgan fingerprint density at radius 3 is 2.17 bits per heavy atom. The summed E-state index contributed by atoms with van der Waals surface area (Å²) < 4.78 is 26.7. The van der Waals surface area contributed by atoms with Crippen LogP contribution >= 0.6 is 46.4 Å². The smallest absolute Gasteiger partial charge is 0.244 e. The van der Waals surface area contributed by atoms with Crippen LogP contribution in [-0.4, -0.2) is 50.5 Å². The number of amides is 2. The molecule has 7 nitrogen and oxygen atoms in total. The molecule has 0 fully saturated rings. The van der Waals surface area contributed by atoms with Crippen molar-refractivity contribution in [1.29, 1.82) is 0 Å². The van der Waals surface area contributed by atoms with Gasteiger partial charge in [0.15, 0.2) is 0 Å². The van der Waals surface area contributed by atoms with Crippen LogP contribution in [0.2, 0.25) is 20.1 Å². The van der Waals surface area contributed by atoms with Gasteiger partial charge in [0.2, 0.25) is 21.8 Å². The van der Waals surface area contributed by atoms with Gasteiger partial charge in [-0.05, 0) is 41.8 Å². The summed E-state index contributed by atoms with van der Waals surface area (Å²) in [6, 6.07) is 17.9. The van der Waals surface area contributed by atoms with Crippen LogP contribution in [0.15, 0.2) is 66.7 Å². The monoisotopic (exact) mass is 657 g/mol. The van der Waals surface area contributed by atoms with Crippen molar-refractivity contribution >= 4 is 73.9 Å². The van der Waals surface area contributed by atoms with Crippen LogP contribution in [0.1, 0.15) is 30.9 Å². The summed E-state index contributed by atoms with van der Waals surface area (Å²) in [5, 5.41) is 3.59. The molecule has 0 saturated heterocycles. The Bertz CT molecular complexity index is 1470. The second-order valence-electron chi connectivity index (χ2n) is 9.49. The van der Waals surface area contributed by atoms with Gasteiger partial charge in [0.25, 0.3) is 0 Å². The van der Waals surface area contributed by atoms with Crippen molar-refractivity contribution in [1.82, 2.24) is 10.2 Å². The molecule has 0 bridgehead atoms. The number of unbranched alkanes of at least 4 members (excludes halogenated alkanes) is 1. The molecule has 2 amide bonds. The molecule has 220 valence electrons. The van der Waals surface area contributed by atoms with Crippen molar-refractivity contribution < 1.29 is 18.0 Å². The number of halogens is 4. The van der Waals surface area contributed by atoms with E-state index in [0.717, 1.165) is 29.0 Å². The molecule has 0 aliphatic carbocycles. The SMILES string of the molecule is CCCCNC(=O)[C@H](Cc1ccccc1)N(Cc1cccc(Cl)c1)C(=O)CN(c1cc(Cl)c(Cl)cc1Cl)S(C)(=O)=O. The Labute approximate surface area is 261 Å². The Morgan fingerprint density at radius 1 is 0.878 bits per heavy atom. The fraction of sp³-hybridized carbons (Fsp3) is 0.310. The minimum absolute atomic E-state index is 0.00263. The molecular formula is C29H31Cl4N3O4S. The Morgan fingerprint density at radius 2 is 1.54 bits per heavy atom. The van der Waals surface area contributed by atoms with E-state index in [4.69, 9.17) is 46.4 Å². The minimum Gasteiger partial charge on any atom is -0.354 e. The van der Waals surface area contributed by atoms with E-state index in [1.807, 2.05) is 37.3 Å². The average molecular weight is 659 g/mol. The van der Waals surface area contributed by atoms with Crippen molar-refractivity contribution in [2.24, 2.45) is 0 Å². The predicted octanol–water partition coefficient (Wildman–Crippen LogP) is 6.62. The molecule has 41 heavy (non-hydrogen) atoms. The summed E-state index contributed by atoms with van der Waals surface area (Å²) >= 11 is 24.8. The summed E-state index contributed by atoms with van der Waals surface area (Å²) in [6.07, 6.45) is 2.81. The first kappa shape index (κ1) is 33.0. The van der Waals surface area contributed by atoms with Gasteiger partial charge in [-0.2, -0.15) is 0 Å². The molecule has 0 spiro atoms. The van der Waals surface area contributed by atoms with E-state index >= 15 is 0 Å². The van der Waals surface area contributed by atoms with E-state index in [1.165, 1.54) is 17.0 Å². The van der Waals surface area contributed by atoms with Gasteiger partial charge in [0, 0.05) is 24.5 Å². The van der Waals surface area contributed by atoms with Gasteiger partial charge >= 0.3 is 0 Å². The third-order valence-corrected chi connectivity index (χ3v) is 8.67. The minimum atomic E-state index is -4.02. The third kappa shape index (κ3) is 9.51. The number of nitrogens with one attached hydrogen (secondary N) is 1. The standard InChI is InChI=1S/C29H31Cl4N3O4S/c1-3-4-13-34-29(38)27(15-20-9-6-5-7-10-20)35(18-21-11-8-12-22(30)14-21)28(37)19-36(41(2,39)40)26-17-24(32)23(31)16-25(26)33/h5-12,14,16-17,27H,3-4,13,15,18-19H2,1-2H3,(H,34,38)/t27-/m0/s1. The van der Waals surface area contributed by atoms with Crippen LogP contribution in [-0.2, 0) is 32.6 Å². The van der Waals surface area contributed by atoms with Crippen LogP contribution in [0, 0.1) is 0 Å². The zero-order chi connectivity index (χ0) is 30.2. The molecule has 0 aromatic heterocycles. The van der Waals surface area contributed by atoms with E-state index in [-0.39, 0.29) is 39.6 Å². The van der Waals surface area contributed by atoms with Crippen molar-refractivity contribution in [2.75, 3.05) is 23.7 Å². The lowest BCUT2D eigenvalue weighted by molar-refractivity contribution is -0.140. The Balaban J connectivity index is 2.07. The van der Waals surface area contributed by atoms with Crippen LogP contribution in [0.4, 0.5) is 5.69 Å². The van der Waals surface area contributed by atoms with Crippen molar-refractivity contribution in [3.05, 3.63) is 97.9 Å². The zero-order valence-corrected chi connectivity index (χ0v) is 26.5. The fourth-order valence-electron chi connectivity index (χ4n) is 4.19. The number of benzene rings is 3. The maximum absolute atomic E-state index is 14.1. The topological polar surface area (TPSA) is 86.8 Å². The lowest BCUT2D eigenvalue weighted by atomic mass is 10.0. The lowest BCUT2D eigenvalue weighted by Crippen LogP contribution is -2.53. The highest BCUT2D eigenvalue weighted by Crippen LogP contribution is 2.35. The van der Waals surface area contributed by atoms with Gasteiger partial charge in [-0.3, -0.25) is 13.9 Å². The van der Waals surface area contributed by atoms with Crippen molar-refractivity contribution in [3.63, 3.8) is 0 Å². The summed E-state index contributed by atoms with van der Waals surface area (Å²) in [5.74, 6) is -0.972. The highest BCUT2D eigenvalue weighted by molar-refractivity contribution is 7.92. The second kappa shape index (κ2) is 15.1. The van der Waals surface area contributed by atoms with Gasteiger partial charge < -0.3 is 10.2 Å². The number of sulfonamides is 1. The summed E-state index contributed by atoms with van der Waals surface area (Å²) in [5.41, 5.74) is 1.50. The van der Waals surface area contributed by atoms with E-state index in [1.54, 1.807) is 24.3 Å². The molecule has 1 atom stereocenters. The highest BCUT2D eigenvalue weighted by atomic mass is 35.5. The molecule has 12 heteroatoms. The van der Waals surface area contributed by atoms with E-state index in [2.05, 4.69) is 5.32 Å². The molecule has 3 aromatic carbocycles. The van der Waals surface area contributed by atoms with Gasteiger partial charge in [-0.25, -0.2) is 8.42 Å². The van der Waals surface area contributed by atoms with Gasteiger partial charge in [0.1, 0.15) is 12.6 Å². The molecule has 0 unspecified atom stereocenters. The number of nitrogens with zero attached hydrogens (tertiary/aromatic N) is 2. The summed E-state index contributed by atoms with van der Waals surface area (Å²) in [7, 11) is -4.02. The third-order valence-electron chi connectivity index (χ3n) is 6.28. The molecule has 0 aliphatic rings. The van der Waals surface area contributed by atoms with E-state index in [9.17, 15) is 18.0 Å². The van der Waals surface area contributed by atoms with Crippen molar-refractivity contribution in [3.8, 4) is 0 Å². The second-order valence-corrected chi connectivity index (χ2v) is 13.1. The van der Waals surface area contributed by atoms with Gasteiger partial charge in [-0.1, -0.05) is 102 Å². The van der Waals surface area contributed by atoms with Gasteiger partial charge in [-0.15, -0.1) is 0 Å². The number of anilines is 1. The van der Waals surface area contributed by atoms with Gasteiger partial charge in [0.05, 0.1) is 27.0 Å². The number of carbonyl (C=O) groups is 2. The molecule has 0 aliphatic heterocycles. The van der Waals surface area contributed by atoms with Crippen molar-refractivity contribution in [2.45, 2.75) is 38.8 Å². The summed E-state index contributed by atoms with van der Waals surface area (Å²) in [6.45, 7) is 1.82. The average Bonchev–Trinajstić information content (AvgIpc) is 2.91. The fourth-order valence-corrected chi connectivity index (χ4v) is 5.95. The number of carbonyl (C=O) groups excluding carboxylic acids is 2. The molecule has 0 heterocycles. The Hall–Kier alpha value is -2.49. The van der Waals surface area contributed by atoms with Crippen LogP contribution < -0.4 is 9.62 Å². The molecular weight excluding hydrogens is 628 g/mol. The molecule has 0 radical (unpaired) electrons. The highest BCUT2D eigenvalue weighted by Gasteiger charge is 2.33. The summed E-state index contributed by atoms with van der Waals surface area (Å²) in [4.78, 5) is 29.1. The van der Waals surface area contributed by atoms with Crippen LogP contribution in [0.5, 0.6) is 0 Å². The predicted molar refractivity (Wildman–Crippen MR) is 168 cm³/mol. The maximum atomic E-state index is 14.1. The normalized spacial score (nSPS) is 12.0. The number of hydrogen-bond acceptors (Lipinski definition) is 4. The van der Waals surface area contributed by atoms with E-state index < -0.39 is 28.5 Å². The molecule has 3 rings (SSSR count). The Kier molecular flexibility index (Phi) is 12.2. The number of rotatable bonds is 13. The zero-order valence-electron chi connectivity index (χ0n) is 22.6. The maximum Gasteiger partial charge on any atom is 0.244 e. The first-order valence-electron chi connectivity index (χ1n) is 12.9. The van der Waals surface area contributed by atoms with Crippen LogP contribution in [0.3, 0.4) is 0 Å². The first-order chi connectivity index (χ1) is 19.4. The largest absolute Gasteiger partial charge is 0.354 e. The van der Waals surface area contributed by atoms with Crippen LogP contribution in [0.25, 0.3) is 0 Å². The number of hydrogen-bond donors (Lipinski definition) is 1.